The fourth-order valence-electron chi connectivity index (χ4n) is 1.94. The molecule has 0 saturated carbocycles. The van der Waals surface area contributed by atoms with Gasteiger partial charge in [-0.05, 0) is 47.4 Å². The summed E-state index contributed by atoms with van der Waals surface area (Å²) in [5.41, 5.74) is 1.76. The maximum absolute atomic E-state index is 12.5. The number of carbonyl (C=O) groups is 1. The Hall–Kier alpha value is -1.80. The molecule has 0 bridgehead atoms. The zero-order chi connectivity index (χ0) is 14.9. The van der Waals surface area contributed by atoms with Gasteiger partial charge in [-0.3, -0.25) is 4.79 Å². The molecule has 2 rings (SSSR count). The molecule has 0 fully saturated rings. The molecule has 0 amide bonds. The smallest absolute Gasteiger partial charge is 0.196 e. The van der Waals surface area contributed by atoms with Crippen LogP contribution in [-0.2, 0) is 5.41 Å². The van der Waals surface area contributed by atoms with Crippen molar-refractivity contribution in [1.29, 1.82) is 0 Å². The van der Waals surface area contributed by atoms with Crippen LogP contribution in [0.15, 0.2) is 42.5 Å². The lowest BCUT2D eigenvalue weighted by atomic mass is 9.85. The Morgan fingerprint density at radius 3 is 2.20 bits per heavy atom. The highest BCUT2D eigenvalue weighted by atomic mass is 35.5. The SMILES string of the molecule is CC(C)(C)c1ccc(O)c(C(=O)c2ccc(Cl)cc2)c1. The Labute approximate surface area is 124 Å². The molecule has 0 spiro atoms. The van der Waals surface area contributed by atoms with Gasteiger partial charge in [-0.25, -0.2) is 0 Å². The van der Waals surface area contributed by atoms with Crippen molar-refractivity contribution in [3.8, 4) is 5.75 Å². The molecule has 20 heavy (non-hydrogen) atoms. The predicted octanol–water partition coefficient (Wildman–Crippen LogP) is 4.57. The number of rotatable bonds is 2. The molecule has 0 aliphatic carbocycles. The maximum atomic E-state index is 12.5. The first-order valence-electron chi connectivity index (χ1n) is 6.43. The van der Waals surface area contributed by atoms with Gasteiger partial charge < -0.3 is 5.11 Å². The van der Waals surface area contributed by atoms with E-state index in [0.29, 0.717) is 16.1 Å². The third kappa shape index (κ3) is 3.02. The van der Waals surface area contributed by atoms with E-state index >= 15 is 0 Å². The first-order chi connectivity index (χ1) is 9.29. The first-order valence-corrected chi connectivity index (χ1v) is 6.80. The molecule has 0 atom stereocenters. The van der Waals surface area contributed by atoms with E-state index in [-0.39, 0.29) is 16.9 Å². The van der Waals surface area contributed by atoms with Gasteiger partial charge in [-0.2, -0.15) is 0 Å². The minimum absolute atomic E-state index is 0.00190. The standard InChI is InChI=1S/C17H17ClO2/c1-17(2,3)12-6-9-15(19)14(10-12)16(20)11-4-7-13(18)8-5-11/h4-10,19H,1-3H3. The van der Waals surface area contributed by atoms with Gasteiger partial charge in [0.2, 0.25) is 0 Å². The first kappa shape index (κ1) is 14.6. The van der Waals surface area contributed by atoms with Gasteiger partial charge in [0.15, 0.2) is 5.78 Å². The zero-order valence-electron chi connectivity index (χ0n) is 11.8. The van der Waals surface area contributed by atoms with E-state index in [1.165, 1.54) is 0 Å². The van der Waals surface area contributed by atoms with Crippen LogP contribution in [0, 0.1) is 0 Å². The molecule has 2 aromatic carbocycles. The Balaban J connectivity index is 2.46. The van der Waals surface area contributed by atoms with E-state index in [1.807, 2.05) is 6.07 Å². The van der Waals surface area contributed by atoms with Crippen molar-refractivity contribution in [1.82, 2.24) is 0 Å². The van der Waals surface area contributed by atoms with Crippen LogP contribution >= 0.6 is 11.6 Å². The average molecular weight is 289 g/mol. The summed E-state index contributed by atoms with van der Waals surface area (Å²) >= 11 is 5.82. The summed E-state index contributed by atoms with van der Waals surface area (Å²) in [6, 6.07) is 11.8. The number of ketones is 1. The Morgan fingerprint density at radius 1 is 1.05 bits per heavy atom. The third-order valence-corrected chi connectivity index (χ3v) is 3.47. The number of hydrogen-bond donors (Lipinski definition) is 1. The summed E-state index contributed by atoms with van der Waals surface area (Å²) in [4.78, 5) is 12.5. The van der Waals surface area contributed by atoms with Crippen molar-refractivity contribution in [3.05, 3.63) is 64.2 Å². The minimum Gasteiger partial charge on any atom is -0.507 e. The summed E-state index contributed by atoms with van der Waals surface area (Å²) in [6.45, 7) is 6.20. The highest BCUT2D eigenvalue weighted by molar-refractivity contribution is 6.30. The molecule has 0 aliphatic rings. The highest BCUT2D eigenvalue weighted by Crippen LogP contribution is 2.29. The van der Waals surface area contributed by atoms with Gasteiger partial charge in [0.25, 0.3) is 0 Å². The lowest BCUT2D eigenvalue weighted by molar-refractivity contribution is 0.103. The van der Waals surface area contributed by atoms with E-state index < -0.39 is 0 Å². The van der Waals surface area contributed by atoms with Gasteiger partial charge in [0, 0.05) is 10.6 Å². The Bertz CT molecular complexity index is 637. The summed E-state index contributed by atoms with van der Waals surface area (Å²) in [7, 11) is 0. The second-order valence-electron chi connectivity index (χ2n) is 5.82. The van der Waals surface area contributed by atoms with E-state index in [0.717, 1.165) is 5.56 Å². The van der Waals surface area contributed by atoms with Crippen molar-refractivity contribution < 1.29 is 9.90 Å². The average Bonchev–Trinajstić information content (AvgIpc) is 2.38. The lowest BCUT2D eigenvalue weighted by Crippen LogP contribution is -2.12. The molecule has 0 heterocycles. The van der Waals surface area contributed by atoms with Crippen LogP contribution in [0.3, 0.4) is 0 Å². The van der Waals surface area contributed by atoms with Gasteiger partial charge in [-0.15, -0.1) is 0 Å². The van der Waals surface area contributed by atoms with Crippen LogP contribution in [0.5, 0.6) is 5.75 Å². The summed E-state index contributed by atoms with van der Waals surface area (Å²) < 4.78 is 0. The second kappa shape index (κ2) is 5.29. The van der Waals surface area contributed by atoms with Crippen LogP contribution in [-0.4, -0.2) is 10.9 Å². The van der Waals surface area contributed by atoms with Crippen LogP contribution in [0.4, 0.5) is 0 Å². The van der Waals surface area contributed by atoms with E-state index in [4.69, 9.17) is 11.6 Å². The van der Waals surface area contributed by atoms with Crippen molar-refractivity contribution in [2.24, 2.45) is 0 Å². The van der Waals surface area contributed by atoms with E-state index in [9.17, 15) is 9.90 Å². The molecule has 3 heteroatoms. The summed E-state index contributed by atoms with van der Waals surface area (Å²) in [5.74, 6) is -0.205. The fraction of sp³-hybridized carbons (Fsp3) is 0.235. The molecule has 2 aromatic rings. The molecule has 0 radical (unpaired) electrons. The number of phenolic OH excluding ortho intramolecular Hbond substituents is 1. The number of hydrogen-bond acceptors (Lipinski definition) is 2. The van der Waals surface area contributed by atoms with Crippen LogP contribution in [0.25, 0.3) is 0 Å². The van der Waals surface area contributed by atoms with Crippen LogP contribution in [0.1, 0.15) is 42.3 Å². The number of halogens is 1. The van der Waals surface area contributed by atoms with E-state index in [1.54, 1.807) is 36.4 Å². The Morgan fingerprint density at radius 2 is 1.65 bits per heavy atom. The van der Waals surface area contributed by atoms with Gasteiger partial charge in [0.05, 0.1) is 5.56 Å². The topological polar surface area (TPSA) is 37.3 Å². The highest BCUT2D eigenvalue weighted by Gasteiger charge is 2.19. The molecule has 104 valence electrons. The number of aromatic hydroxyl groups is 1. The number of benzene rings is 2. The second-order valence-corrected chi connectivity index (χ2v) is 6.25. The van der Waals surface area contributed by atoms with Crippen molar-refractivity contribution in [2.75, 3.05) is 0 Å². The van der Waals surface area contributed by atoms with Crippen molar-refractivity contribution >= 4 is 17.4 Å². The van der Waals surface area contributed by atoms with Gasteiger partial charge in [-0.1, -0.05) is 38.4 Å². The van der Waals surface area contributed by atoms with E-state index in [2.05, 4.69) is 20.8 Å². The monoisotopic (exact) mass is 288 g/mol. The van der Waals surface area contributed by atoms with Crippen LogP contribution in [0.2, 0.25) is 5.02 Å². The largest absolute Gasteiger partial charge is 0.507 e. The summed E-state index contributed by atoms with van der Waals surface area (Å²) in [5, 5.41) is 10.5. The molecular weight excluding hydrogens is 272 g/mol. The number of phenols is 1. The molecule has 1 N–H and O–H groups in total. The fourth-order valence-corrected chi connectivity index (χ4v) is 2.07. The molecule has 2 nitrogen and oxygen atoms in total. The number of carbonyl (C=O) groups excluding carboxylic acids is 1. The lowest BCUT2D eigenvalue weighted by Gasteiger charge is -2.20. The minimum atomic E-state index is -0.203. The summed E-state index contributed by atoms with van der Waals surface area (Å²) in [6.07, 6.45) is 0. The zero-order valence-corrected chi connectivity index (χ0v) is 12.5. The van der Waals surface area contributed by atoms with Crippen molar-refractivity contribution in [2.45, 2.75) is 26.2 Å². The normalized spacial score (nSPS) is 11.4. The van der Waals surface area contributed by atoms with Crippen molar-refractivity contribution in [3.63, 3.8) is 0 Å². The van der Waals surface area contributed by atoms with Gasteiger partial charge >= 0.3 is 0 Å². The maximum Gasteiger partial charge on any atom is 0.196 e. The molecule has 0 unspecified atom stereocenters. The molecule has 0 saturated heterocycles. The molecule has 0 aliphatic heterocycles. The quantitative estimate of drug-likeness (QED) is 0.822. The Kier molecular flexibility index (Phi) is 3.87. The van der Waals surface area contributed by atoms with Gasteiger partial charge in [0.1, 0.15) is 5.75 Å². The predicted molar refractivity (Wildman–Crippen MR) is 81.7 cm³/mol. The molecule has 0 aromatic heterocycles. The van der Waals surface area contributed by atoms with Crippen LogP contribution < -0.4 is 0 Å². The molecular formula is C17H17ClO2. The third-order valence-electron chi connectivity index (χ3n) is 3.21.